The Balaban J connectivity index is 2.33. The van der Waals surface area contributed by atoms with Crippen LogP contribution in [-0.2, 0) is 19.0 Å². The van der Waals surface area contributed by atoms with Crippen LogP contribution in [0.4, 0.5) is 0 Å². The largest absolute Gasteiger partial charge is 0.463 e. The third-order valence-corrected chi connectivity index (χ3v) is 2.65. The summed E-state index contributed by atoms with van der Waals surface area (Å²) < 4.78 is 16.6. The summed E-state index contributed by atoms with van der Waals surface area (Å²) in [6.07, 6.45) is 0.711. The quantitative estimate of drug-likeness (QED) is 0.696. The predicted octanol–water partition coefficient (Wildman–Crippen LogP) is 2.36. The first-order chi connectivity index (χ1) is 7.82. The van der Waals surface area contributed by atoms with Gasteiger partial charge in [0.05, 0.1) is 12.5 Å². The Morgan fingerprint density at radius 1 is 1.41 bits per heavy atom. The normalized spacial score (nSPS) is 29.0. The van der Waals surface area contributed by atoms with Crippen molar-refractivity contribution >= 4 is 5.97 Å². The smallest absolute Gasteiger partial charge is 0.308 e. The maximum absolute atomic E-state index is 11.3. The summed E-state index contributed by atoms with van der Waals surface area (Å²) >= 11 is 0. The van der Waals surface area contributed by atoms with E-state index in [1.807, 2.05) is 20.8 Å². The van der Waals surface area contributed by atoms with Gasteiger partial charge in [-0.1, -0.05) is 27.7 Å². The maximum atomic E-state index is 11.3. The molecular formula is C13H24O4. The first-order valence-corrected chi connectivity index (χ1v) is 6.31. The molecule has 1 aliphatic rings. The molecular weight excluding hydrogens is 220 g/mol. The van der Waals surface area contributed by atoms with Gasteiger partial charge in [-0.2, -0.15) is 0 Å². The zero-order chi connectivity index (χ0) is 13.1. The fourth-order valence-electron chi connectivity index (χ4n) is 1.96. The second-order valence-electron chi connectivity index (χ2n) is 5.57. The molecule has 0 N–H and O–H groups in total. The van der Waals surface area contributed by atoms with E-state index in [2.05, 4.69) is 13.8 Å². The summed E-state index contributed by atoms with van der Waals surface area (Å²) in [4.78, 5) is 11.3. The lowest BCUT2D eigenvalue weighted by Crippen LogP contribution is -2.30. The van der Waals surface area contributed by atoms with E-state index in [4.69, 9.17) is 14.2 Å². The Bertz CT molecular complexity index is 262. The zero-order valence-electron chi connectivity index (χ0n) is 11.5. The topological polar surface area (TPSA) is 44.8 Å². The molecule has 2 unspecified atom stereocenters. The van der Waals surface area contributed by atoms with E-state index in [1.165, 1.54) is 0 Å². The van der Waals surface area contributed by atoms with E-state index < -0.39 is 5.79 Å². The molecule has 2 atom stereocenters. The summed E-state index contributed by atoms with van der Waals surface area (Å²) in [6, 6.07) is 0. The van der Waals surface area contributed by atoms with Crippen LogP contribution in [0.3, 0.4) is 0 Å². The first kappa shape index (κ1) is 14.5. The van der Waals surface area contributed by atoms with Crippen molar-refractivity contribution in [1.29, 1.82) is 0 Å². The molecule has 0 aliphatic carbocycles. The summed E-state index contributed by atoms with van der Waals surface area (Å²) in [5.74, 6) is -0.300. The number of esters is 1. The van der Waals surface area contributed by atoms with Crippen LogP contribution >= 0.6 is 0 Å². The standard InChI is InChI=1S/C13H24O4/c1-9(2)6-13(5)16-8-11(17-13)7-15-12(14)10(3)4/h9-11H,6-8H2,1-5H3. The van der Waals surface area contributed by atoms with Crippen LogP contribution in [0.5, 0.6) is 0 Å². The Morgan fingerprint density at radius 3 is 2.59 bits per heavy atom. The summed E-state index contributed by atoms with van der Waals surface area (Å²) in [7, 11) is 0. The Labute approximate surface area is 104 Å². The third kappa shape index (κ3) is 4.64. The number of ether oxygens (including phenoxy) is 3. The van der Waals surface area contributed by atoms with Gasteiger partial charge in [-0.25, -0.2) is 0 Å². The number of carbonyl (C=O) groups excluding carboxylic acids is 1. The van der Waals surface area contributed by atoms with Crippen molar-refractivity contribution in [3.63, 3.8) is 0 Å². The van der Waals surface area contributed by atoms with Crippen LogP contribution in [0, 0.1) is 11.8 Å². The highest BCUT2D eigenvalue weighted by atomic mass is 16.7. The molecule has 1 aliphatic heterocycles. The SMILES string of the molecule is CC(C)CC1(C)OCC(COC(=O)C(C)C)O1. The molecule has 0 bridgehead atoms. The van der Waals surface area contributed by atoms with Gasteiger partial charge in [0.2, 0.25) is 0 Å². The lowest BCUT2D eigenvalue weighted by Gasteiger charge is -2.25. The fraction of sp³-hybridized carbons (Fsp3) is 0.923. The Morgan fingerprint density at radius 2 is 2.06 bits per heavy atom. The van der Waals surface area contributed by atoms with E-state index in [-0.39, 0.29) is 24.6 Å². The second-order valence-corrected chi connectivity index (χ2v) is 5.57. The molecule has 0 spiro atoms. The average molecular weight is 244 g/mol. The fourth-order valence-corrected chi connectivity index (χ4v) is 1.96. The Hall–Kier alpha value is -0.610. The van der Waals surface area contributed by atoms with Crippen LogP contribution in [0.2, 0.25) is 0 Å². The van der Waals surface area contributed by atoms with Gasteiger partial charge in [0, 0.05) is 6.42 Å². The lowest BCUT2D eigenvalue weighted by molar-refractivity contribution is -0.174. The van der Waals surface area contributed by atoms with Crippen molar-refractivity contribution in [3.8, 4) is 0 Å². The van der Waals surface area contributed by atoms with Gasteiger partial charge in [-0.05, 0) is 12.8 Å². The van der Waals surface area contributed by atoms with Crippen molar-refractivity contribution < 1.29 is 19.0 Å². The van der Waals surface area contributed by atoms with E-state index in [0.29, 0.717) is 12.5 Å². The molecule has 0 aromatic carbocycles. The summed E-state index contributed by atoms with van der Waals surface area (Å²) in [5.41, 5.74) is 0. The lowest BCUT2D eigenvalue weighted by atomic mass is 10.0. The van der Waals surface area contributed by atoms with Gasteiger partial charge in [0.15, 0.2) is 5.79 Å². The zero-order valence-corrected chi connectivity index (χ0v) is 11.5. The van der Waals surface area contributed by atoms with E-state index >= 15 is 0 Å². The summed E-state index contributed by atoms with van der Waals surface area (Å²) in [6.45, 7) is 10.6. The van der Waals surface area contributed by atoms with Gasteiger partial charge < -0.3 is 14.2 Å². The number of hydrogen-bond acceptors (Lipinski definition) is 4. The molecule has 4 heteroatoms. The number of hydrogen-bond donors (Lipinski definition) is 0. The molecule has 1 rings (SSSR count). The van der Waals surface area contributed by atoms with Crippen LogP contribution in [0.1, 0.15) is 41.0 Å². The highest BCUT2D eigenvalue weighted by Gasteiger charge is 2.38. The summed E-state index contributed by atoms with van der Waals surface area (Å²) in [5, 5.41) is 0. The highest BCUT2D eigenvalue weighted by molar-refractivity contribution is 5.71. The number of rotatable bonds is 5. The minimum atomic E-state index is -0.525. The maximum Gasteiger partial charge on any atom is 0.308 e. The van der Waals surface area contributed by atoms with Crippen molar-refractivity contribution in [3.05, 3.63) is 0 Å². The third-order valence-electron chi connectivity index (χ3n) is 2.65. The van der Waals surface area contributed by atoms with Crippen molar-refractivity contribution in [2.45, 2.75) is 52.9 Å². The van der Waals surface area contributed by atoms with Gasteiger partial charge in [-0.15, -0.1) is 0 Å². The molecule has 1 saturated heterocycles. The van der Waals surface area contributed by atoms with Crippen molar-refractivity contribution in [2.24, 2.45) is 11.8 Å². The Kier molecular flexibility index (Phi) is 4.95. The number of carbonyl (C=O) groups is 1. The van der Waals surface area contributed by atoms with Gasteiger partial charge in [0.1, 0.15) is 12.7 Å². The van der Waals surface area contributed by atoms with E-state index in [9.17, 15) is 4.79 Å². The molecule has 100 valence electrons. The molecule has 0 aromatic rings. The monoisotopic (exact) mass is 244 g/mol. The average Bonchev–Trinajstić information content (AvgIpc) is 2.55. The van der Waals surface area contributed by atoms with Gasteiger partial charge in [0.25, 0.3) is 0 Å². The molecule has 1 heterocycles. The molecule has 1 fully saturated rings. The van der Waals surface area contributed by atoms with Crippen LogP contribution in [0.25, 0.3) is 0 Å². The van der Waals surface area contributed by atoms with Crippen molar-refractivity contribution in [2.75, 3.05) is 13.2 Å². The van der Waals surface area contributed by atoms with Crippen LogP contribution in [0.15, 0.2) is 0 Å². The first-order valence-electron chi connectivity index (χ1n) is 6.31. The molecule has 0 aromatic heterocycles. The second kappa shape index (κ2) is 5.83. The molecule has 0 amide bonds. The van der Waals surface area contributed by atoms with E-state index in [0.717, 1.165) is 6.42 Å². The van der Waals surface area contributed by atoms with Crippen molar-refractivity contribution in [1.82, 2.24) is 0 Å². The minimum absolute atomic E-state index is 0.0978. The minimum Gasteiger partial charge on any atom is -0.463 e. The molecule has 0 radical (unpaired) electrons. The molecule has 4 nitrogen and oxygen atoms in total. The van der Waals surface area contributed by atoms with Crippen LogP contribution in [-0.4, -0.2) is 31.1 Å². The van der Waals surface area contributed by atoms with E-state index in [1.54, 1.807) is 0 Å². The highest BCUT2D eigenvalue weighted by Crippen LogP contribution is 2.29. The van der Waals surface area contributed by atoms with Gasteiger partial charge in [-0.3, -0.25) is 4.79 Å². The van der Waals surface area contributed by atoms with Crippen LogP contribution < -0.4 is 0 Å². The predicted molar refractivity (Wildman–Crippen MR) is 64.5 cm³/mol. The molecule has 0 saturated carbocycles. The molecule has 17 heavy (non-hydrogen) atoms. The van der Waals surface area contributed by atoms with Gasteiger partial charge >= 0.3 is 5.97 Å².